The topological polar surface area (TPSA) is 75.4 Å². The molecule has 0 atom stereocenters. The van der Waals surface area contributed by atoms with Crippen LogP contribution in [-0.2, 0) is 16.0 Å². The molecular formula is C19H22ClN3O3. The van der Waals surface area contributed by atoms with Gasteiger partial charge in [0, 0.05) is 44.5 Å². The van der Waals surface area contributed by atoms with Crippen molar-refractivity contribution >= 4 is 23.4 Å². The Morgan fingerprint density at radius 1 is 1.19 bits per heavy atom. The first-order valence-corrected chi connectivity index (χ1v) is 9.25. The predicted octanol–water partition coefficient (Wildman–Crippen LogP) is 3.06. The van der Waals surface area contributed by atoms with Crippen LogP contribution in [0.5, 0.6) is 0 Å². The molecule has 138 valence electrons. The van der Waals surface area contributed by atoms with E-state index in [9.17, 15) is 9.59 Å². The molecule has 26 heavy (non-hydrogen) atoms. The number of aryl methyl sites for hydroxylation is 1. The van der Waals surface area contributed by atoms with Gasteiger partial charge in [-0.15, -0.1) is 0 Å². The van der Waals surface area contributed by atoms with E-state index in [0.717, 1.165) is 31.5 Å². The molecule has 0 unspecified atom stereocenters. The standard InChI is InChI=1S/C19H22ClN3O3/c20-15-6-2-1-5-14(15)16-13-22-18(26-16)8-7-17(24)21-10-9-19(25)23-11-3-4-12-23/h1-2,5-6,13H,3-4,7-12H2,(H,21,24). The maximum atomic E-state index is 11.9. The summed E-state index contributed by atoms with van der Waals surface area (Å²) in [7, 11) is 0. The van der Waals surface area contributed by atoms with Crippen molar-refractivity contribution in [3.8, 4) is 11.3 Å². The Morgan fingerprint density at radius 2 is 1.96 bits per heavy atom. The summed E-state index contributed by atoms with van der Waals surface area (Å²) in [6.45, 7) is 2.04. The van der Waals surface area contributed by atoms with Gasteiger partial charge in [-0.3, -0.25) is 9.59 Å². The van der Waals surface area contributed by atoms with Crippen LogP contribution in [0.25, 0.3) is 11.3 Å². The van der Waals surface area contributed by atoms with E-state index in [4.69, 9.17) is 16.0 Å². The van der Waals surface area contributed by atoms with E-state index < -0.39 is 0 Å². The molecule has 2 heterocycles. The predicted molar refractivity (Wildman–Crippen MR) is 98.7 cm³/mol. The van der Waals surface area contributed by atoms with E-state index in [1.54, 1.807) is 12.3 Å². The quantitative estimate of drug-likeness (QED) is 0.807. The van der Waals surface area contributed by atoms with Crippen LogP contribution < -0.4 is 5.32 Å². The number of amides is 2. The second kappa shape index (κ2) is 8.85. The second-order valence-corrected chi connectivity index (χ2v) is 6.69. The number of rotatable bonds is 7. The fraction of sp³-hybridized carbons (Fsp3) is 0.421. The lowest BCUT2D eigenvalue weighted by molar-refractivity contribution is -0.130. The Bertz CT molecular complexity index is 769. The third-order valence-corrected chi connectivity index (χ3v) is 4.71. The monoisotopic (exact) mass is 375 g/mol. The van der Waals surface area contributed by atoms with Crippen LogP contribution in [0.4, 0.5) is 0 Å². The maximum Gasteiger partial charge on any atom is 0.224 e. The van der Waals surface area contributed by atoms with Crippen molar-refractivity contribution in [1.29, 1.82) is 0 Å². The zero-order valence-corrected chi connectivity index (χ0v) is 15.3. The van der Waals surface area contributed by atoms with Crippen molar-refractivity contribution in [3.05, 3.63) is 41.4 Å². The highest BCUT2D eigenvalue weighted by Gasteiger charge is 2.17. The molecule has 7 heteroatoms. The zero-order valence-electron chi connectivity index (χ0n) is 14.5. The van der Waals surface area contributed by atoms with Crippen molar-refractivity contribution < 1.29 is 14.0 Å². The van der Waals surface area contributed by atoms with E-state index in [2.05, 4.69) is 10.3 Å². The summed E-state index contributed by atoms with van der Waals surface area (Å²) < 4.78 is 5.67. The molecule has 2 aromatic rings. The molecule has 0 spiro atoms. The smallest absolute Gasteiger partial charge is 0.224 e. The molecule has 0 saturated carbocycles. The van der Waals surface area contributed by atoms with Gasteiger partial charge in [0.2, 0.25) is 11.8 Å². The normalized spacial score (nSPS) is 13.8. The fourth-order valence-electron chi connectivity index (χ4n) is 2.95. The molecule has 0 bridgehead atoms. The van der Waals surface area contributed by atoms with Gasteiger partial charge in [-0.25, -0.2) is 4.98 Å². The molecule has 1 N–H and O–H groups in total. The highest BCUT2D eigenvalue weighted by molar-refractivity contribution is 6.33. The number of nitrogens with zero attached hydrogens (tertiary/aromatic N) is 2. The molecule has 2 amide bonds. The lowest BCUT2D eigenvalue weighted by Crippen LogP contribution is -2.32. The van der Waals surface area contributed by atoms with Gasteiger partial charge < -0.3 is 14.6 Å². The zero-order chi connectivity index (χ0) is 18.4. The number of hydrogen-bond donors (Lipinski definition) is 1. The number of hydrogen-bond acceptors (Lipinski definition) is 4. The molecule has 1 aliphatic rings. The maximum absolute atomic E-state index is 11.9. The van der Waals surface area contributed by atoms with E-state index in [1.165, 1.54) is 0 Å². The van der Waals surface area contributed by atoms with E-state index in [-0.39, 0.29) is 18.2 Å². The van der Waals surface area contributed by atoms with E-state index in [1.807, 2.05) is 23.1 Å². The van der Waals surface area contributed by atoms with Crippen LogP contribution in [0, 0.1) is 0 Å². The number of benzene rings is 1. The van der Waals surface area contributed by atoms with E-state index >= 15 is 0 Å². The third-order valence-electron chi connectivity index (χ3n) is 4.38. The molecule has 1 fully saturated rings. The molecule has 1 aliphatic heterocycles. The Labute approximate surface area is 157 Å². The minimum atomic E-state index is -0.114. The van der Waals surface area contributed by atoms with Crippen LogP contribution in [0.15, 0.2) is 34.9 Å². The van der Waals surface area contributed by atoms with Crippen molar-refractivity contribution in [2.24, 2.45) is 0 Å². The summed E-state index contributed by atoms with van der Waals surface area (Å²) in [6, 6.07) is 7.37. The second-order valence-electron chi connectivity index (χ2n) is 6.29. The number of oxazole rings is 1. The summed E-state index contributed by atoms with van der Waals surface area (Å²) in [5, 5.41) is 3.37. The van der Waals surface area contributed by atoms with Gasteiger partial charge in [0.1, 0.15) is 0 Å². The third kappa shape index (κ3) is 4.85. The van der Waals surface area contributed by atoms with Gasteiger partial charge in [-0.2, -0.15) is 0 Å². The SMILES string of the molecule is O=C(CCc1ncc(-c2ccccc2Cl)o1)NCCC(=O)N1CCCC1. The first-order chi connectivity index (χ1) is 12.6. The number of likely N-dealkylation sites (tertiary alicyclic amines) is 1. The number of aromatic nitrogens is 1. The summed E-state index contributed by atoms with van der Waals surface area (Å²) in [5.74, 6) is 1.07. The number of nitrogens with one attached hydrogen (secondary N) is 1. The minimum absolute atomic E-state index is 0.111. The lowest BCUT2D eigenvalue weighted by atomic mass is 10.2. The van der Waals surface area contributed by atoms with Gasteiger partial charge in [0.05, 0.1) is 11.2 Å². The largest absolute Gasteiger partial charge is 0.441 e. The number of carbonyl (C=O) groups is 2. The molecule has 1 aromatic carbocycles. The average molecular weight is 376 g/mol. The average Bonchev–Trinajstić information content (AvgIpc) is 3.32. The van der Waals surface area contributed by atoms with Crippen molar-refractivity contribution in [2.45, 2.75) is 32.1 Å². The molecule has 1 saturated heterocycles. The van der Waals surface area contributed by atoms with Gasteiger partial charge in [0.15, 0.2) is 11.7 Å². The van der Waals surface area contributed by atoms with Crippen LogP contribution >= 0.6 is 11.6 Å². The van der Waals surface area contributed by atoms with Crippen molar-refractivity contribution in [1.82, 2.24) is 15.2 Å². The van der Waals surface area contributed by atoms with Crippen molar-refractivity contribution in [3.63, 3.8) is 0 Å². The summed E-state index contributed by atoms with van der Waals surface area (Å²) >= 11 is 6.14. The Balaban J connectivity index is 1.41. The molecule has 6 nitrogen and oxygen atoms in total. The lowest BCUT2D eigenvalue weighted by Gasteiger charge is -2.15. The summed E-state index contributed by atoms with van der Waals surface area (Å²) in [6.07, 6.45) is 4.77. The van der Waals surface area contributed by atoms with E-state index in [0.29, 0.717) is 36.1 Å². The Kier molecular flexibility index (Phi) is 6.28. The van der Waals surface area contributed by atoms with Crippen molar-refractivity contribution in [2.75, 3.05) is 19.6 Å². The molecule has 0 radical (unpaired) electrons. The minimum Gasteiger partial charge on any atom is -0.441 e. The fourth-order valence-corrected chi connectivity index (χ4v) is 3.18. The van der Waals surface area contributed by atoms with Crippen LogP contribution in [0.2, 0.25) is 5.02 Å². The Hall–Kier alpha value is -2.34. The van der Waals surface area contributed by atoms with Crippen LogP contribution in [0.1, 0.15) is 31.6 Å². The first-order valence-electron chi connectivity index (χ1n) is 8.87. The van der Waals surface area contributed by atoms with Gasteiger partial charge in [-0.1, -0.05) is 23.7 Å². The van der Waals surface area contributed by atoms with Gasteiger partial charge in [-0.05, 0) is 25.0 Å². The number of carbonyl (C=O) groups excluding carboxylic acids is 2. The highest BCUT2D eigenvalue weighted by atomic mass is 35.5. The van der Waals surface area contributed by atoms with Crippen LogP contribution in [0.3, 0.4) is 0 Å². The first kappa shape index (κ1) is 18.5. The summed E-state index contributed by atoms with van der Waals surface area (Å²) in [5.41, 5.74) is 0.776. The Morgan fingerprint density at radius 3 is 2.73 bits per heavy atom. The number of halogens is 1. The molecular weight excluding hydrogens is 354 g/mol. The van der Waals surface area contributed by atoms with Crippen LogP contribution in [-0.4, -0.2) is 41.3 Å². The molecule has 0 aliphatic carbocycles. The van der Waals surface area contributed by atoms with Gasteiger partial charge >= 0.3 is 0 Å². The summed E-state index contributed by atoms with van der Waals surface area (Å²) in [4.78, 5) is 29.9. The van der Waals surface area contributed by atoms with Gasteiger partial charge in [0.25, 0.3) is 0 Å². The highest BCUT2D eigenvalue weighted by Crippen LogP contribution is 2.28. The molecule has 3 rings (SSSR count). The molecule has 1 aromatic heterocycles.